The lowest BCUT2D eigenvalue weighted by atomic mass is 9.72. The Kier molecular flexibility index (Phi) is 5.06. The van der Waals surface area contributed by atoms with Gasteiger partial charge in [-0.2, -0.15) is 0 Å². The van der Waals surface area contributed by atoms with E-state index < -0.39 is 19.0 Å². The molecule has 0 amide bonds. The number of hydrogen-bond donors (Lipinski definition) is 4. The molecule has 8 heteroatoms. The first kappa shape index (κ1) is 18.1. The minimum atomic E-state index is -1.16. The molecular weight excluding hydrogens is 333 g/mol. The van der Waals surface area contributed by atoms with Gasteiger partial charge in [-0.15, -0.1) is 0 Å². The molecule has 3 rings (SSSR count). The number of nitrogens with two attached hydrogens (primary N) is 1. The summed E-state index contributed by atoms with van der Waals surface area (Å²) in [6, 6.07) is 10.6. The molecular formula is C18H22BN3O4. The van der Waals surface area contributed by atoms with Gasteiger partial charge in [-0.25, -0.2) is 4.79 Å². The summed E-state index contributed by atoms with van der Waals surface area (Å²) in [5, 5.41) is 22.8. The summed E-state index contributed by atoms with van der Waals surface area (Å²) in [6.07, 6.45) is 0.441. The van der Waals surface area contributed by atoms with E-state index in [1.165, 1.54) is 6.07 Å². The van der Waals surface area contributed by atoms with Gasteiger partial charge in [0, 0.05) is 17.9 Å². The fraction of sp³-hybridized carbons (Fsp3) is 0.278. The van der Waals surface area contributed by atoms with Gasteiger partial charge in [0.25, 0.3) is 0 Å². The highest BCUT2D eigenvalue weighted by Crippen LogP contribution is 2.31. The van der Waals surface area contributed by atoms with Gasteiger partial charge in [-0.05, 0) is 49.8 Å². The van der Waals surface area contributed by atoms with E-state index in [0.29, 0.717) is 12.1 Å². The molecule has 1 heterocycles. The molecule has 26 heavy (non-hydrogen) atoms. The second-order valence-corrected chi connectivity index (χ2v) is 6.71. The van der Waals surface area contributed by atoms with Gasteiger partial charge in [-0.1, -0.05) is 18.2 Å². The van der Waals surface area contributed by atoms with Crippen molar-refractivity contribution in [3.05, 3.63) is 53.1 Å². The first-order valence-corrected chi connectivity index (χ1v) is 8.34. The van der Waals surface area contributed by atoms with Crippen molar-refractivity contribution in [3.8, 4) is 5.75 Å². The Morgan fingerprint density at radius 1 is 1.38 bits per heavy atom. The zero-order chi connectivity index (χ0) is 18.8. The number of fused-ring (bicyclic) bond motifs is 1. The standard InChI is InChI=1S/C18H22BN3O4/c1-22(2)10-12-6-7-13(9-15(12)20)21-16-8-11-4-3-5-14(18(23)24)17(11)26-19(16)25/h3-7,9,16,21,25H,8,10,20H2,1-2H3,(H,23,24)/t16-/m0/s1. The molecule has 2 aromatic carbocycles. The molecule has 0 saturated heterocycles. The number of carboxylic acid groups (broad SMARTS) is 1. The van der Waals surface area contributed by atoms with Crippen molar-refractivity contribution in [1.29, 1.82) is 0 Å². The van der Waals surface area contributed by atoms with Crippen molar-refractivity contribution in [1.82, 2.24) is 4.90 Å². The highest BCUT2D eigenvalue weighted by molar-refractivity contribution is 6.47. The number of carboxylic acids is 1. The van der Waals surface area contributed by atoms with Crippen LogP contribution in [-0.4, -0.2) is 48.2 Å². The minimum absolute atomic E-state index is 0.0530. The van der Waals surface area contributed by atoms with Crippen LogP contribution in [0, 0.1) is 0 Å². The monoisotopic (exact) mass is 355 g/mol. The second-order valence-electron chi connectivity index (χ2n) is 6.71. The molecule has 0 fully saturated rings. The molecule has 5 N–H and O–H groups in total. The molecule has 136 valence electrons. The van der Waals surface area contributed by atoms with Gasteiger partial charge in [0.15, 0.2) is 0 Å². The number of carbonyl (C=O) groups is 1. The highest BCUT2D eigenvalue weighted by atomic mass is 16.5. The van der Waals surface area contributed by atoms with E-state index >= 15 is 0 Å². The van der Waals surface area contributed by atoms with Crippen LogP contribution in [0.15, 0.2) is 36.4 Å². The SMILES string of the molecule is CN(C)Cc1ccc(N[C@H]2Cc3cccc(C(=O)O)c3OB2O)cc1N. The molecule has 2 aromatic rings. The molecule has 0 bridgehead atoms. The summed E-state index contributed by atoms with van der Waals surface area (Å²) in [6.45, 7) is 0.743. The summed E-state index contributed by atoms with van der Waals surface area (Å²) in [5.41, 5.74) is 9.38. The van der Waals surface area contributed by atoms with Crippen LogP contribution in [0.5, 0.6) is 5.75 Å². The summed E-state index contributed by atoms with van der Waals surface area (Å²) in [4.78, 5) is 13.3. The van der Waals surface area contributed by atoms with Crippen molar-refractivity contribution in [2.75, 3.05) is 25.1 Å². The number of nitrogens with one attached hydrogen (secondary N) is 1. The third kappa shape index (κ3) is 3.76. The van der Waals surface area contributed by atoms with E-state index in [4.69, 9.17) is 10.4 Å². The number of anilines is 2. The quantitative estimate of drug-likeness (QED) is 0.475. The first-order chi connectivity index (χ1) is 12.3. The Morgan fingerprint density at radius 2 is 2.15 bits per heavy atom. The molecule has 0 unspecified atom stereocenters. The van der Waals surface area contributed by atoms with Crippen molar-refractivity contribution in [3.63, 3.8) is 0 Å². The molecule has 0 spiro atoms. The van der Waals surface area contributed by atoms with Gasteiger partial charge in [0.1, 0.15) is 5.75 Å². The Morgan fingerprint density at radius 3 is 2.81 bits per heavy atom. The lowest BCUT2D eigenvalue weighted by Crippen LogP contribution is -2.47. The number of para-hydroxylation sites is 1. The average molecular weight is 355 g/mol. The van der Waals surface area contributed by atoms with E-state index in [2.05, 4.69) is 5.32 Å². The maximum absolute atomic E-state index is 11.3. The number of rotatable bonds is 5. The van der Waals surface area contributed by atoms with Crippen molar-refractivity contribution in [2.45, 2.75) is 18.9 Å². The predicted molar refractivity (Wildman–Crippen MR) is 101 cm³/mol. The van der Waals surface area contributed by atoms with Crippen LogP contribution in [-0.2, 0) is 13.0 Å². The Labute approximate surface area is 152 Å². The fourth-order valence-electron chi connectivity index (χ4n) is 3.10. The number of aromatic carboxylic acids is 1. The number of hydrogen-bond acceptors (Lipinski definition) is 6. The minimum Gasteiger partial charge on any atom is -0.534 e. The number of benzene rings is 2. The van der Waals surface area contributed by atoms with E-state index in [-0.39, 0.29) is 11.3 Å². The van der Waals surface area contributed by atoms with Gasteiger partial charge in [-0.3, -0.25) is 0 Å². The highest BCUT2D eigenvalue weighted by Gasteiger charge is 2.36. The van der Waals surface area contributed by atoms with Crippen LogP contribution in [0.1, 0.15) is 21.5 Å². The van der Waals surface area contributed by atoms with E-state index in [0.717, 1.165) is 23.4 Å². The van der Waals surface area contributed by atoms with Crippen molar-refractivity contribution >= 4 is 24.5 Å². The third-order valence-corrected chi connectivity index (χ3v) is 4.33. The molecule has 0 aliphatic carbocycles. The summed E-state index contributed by atoms with van der Waals surface area (Å²) in [7, 11) is 2.79. The van der Waals surface area contributed by atoms with E-state index in [9.17, 15) is 14.9 Å². The number of nitrogens with zero attached hydrogens (tertiary/aromatic N) is 1. The van der Waals surface area contributed by atoms with Crippen LogP contribution >= 0.6 is 0 Å². The molecule has 7 nitrogen and oxygen atoms in total. The van der Waals surface area contributed by atoms with Gasteiger partial charge >= 0.3 is 13.1 Å². The molecule has 1 aliphatic heterocycles. The van der Waals surface area contributed by atoms with Gasteiger partial charge in [0.2, 0.25) is 0 Å². The predicted octanol–water partition coefficient (Wildman–Crippen LogP) is 1.46. The summed E-state index contributed by atoms with van der Waals surface area (Å²) < 4.78 is 5.49. The third-order valence-electron chi connectivity index (χ3n) is 4.33. The Hall–Kier alpha value is -2.71. The van der Waals surface area contributed by atoms with Gasteiger partial charge in [0.05, 0.1) is 11.5 Å². The van der Waals surface area contributed by atoms with Crippen LogP contribution in [0.3, 0.4) is 0 Å². The Bertz CT molecular complexity index is 828. The topological polar surface area (TPSA) is 108 Å². The lowest BCUT2D eigenvalue weighted by Gasteiger charge is -2.29. The summed E-state index contributed by atoms with van der Waals surface area (Å²) in [5.74, 6) is -1.26. The summed E-state index contributed by atoms with van der Waals surface area (Å²) >= 11 is 0. The molecule has 0 aromatic heterocycles. The smallest absolute Gasteiger partial charge is 0.534 e. The van der Waals surface area contributed by atoms with Crippen molar-refractivity contribution < 1.29 is 19.6 Å². The van der Waals surface area contributed by atoms with Crippen LogP contribution in [0.2, 0.25) is 0 Å². The zero-order valence-electron chi connectivity index (χ0n) is 14.8. The average Bonchev–Trinajstić information content (AvgIpc) is 2.57. The maximum atomic E-state index is 11.3. The first-order valence-electron chi connectivity index (χ1n) is 8.34. The normalized spacial score (nSPS) is 16.2. The zero-order valence-corrected chi connectivity index (χ0v) is 14.8. The molecule has 1 atom stereocenters. The largest absolute Gasteiger partial charge is 0.546 e. The van der Waals surface area contributed by atoms with Crippen LogP contribution < -0.4 is 15.7 Å². The van der Waals surface area contributed by atoms with E-state index in [1.807, 2.05) is 37.2 Å². The fourth-order valence-corrected chi connectivity index (χ4v) is 3.10. The van der Waals surface area contributed by atoms with Crippen LogP contribution in [0.4, 0.5) is 11.4 Å². The number of nitrogen functional groups attached to an aromatic ring is 1. The second kappa shape index (κ2) is 7.27. The lowest BCUT2D eigenvalue weighted by molar-refractivity contribution is 0.0694. The maximum Gasteiger partial charge on any atom is 0.546 e. The van der Waals surface area contributed by atoms with Crippen molar-refractivity contribution in [2.24, 2.45) is 0 Å². The van der Waals surface area contributed by atoms with Gasteiger partial charge < -0.3 is 30.7 Å². The van der Waals surface area contributed by atoms with Crippen LogP contribution in [0.25, 0.3) is 0 Å². The van der Waals surface area contributed by atoms with E-state index in [1.54, 1.807) is 12.1 Å². The Balaban J connectivity index is 1.78. The molecule has 0 radical (unpaired) electrons. The molecule has 1 aliphatic rings. The molecule has 0 saturated carbocycles.